The maximum atomic E-state index is 12.4. The number of likely N-dealkylation sites (tertiary alicyclic amines) is 2. The van der Waals surface area contributed by atoms with Crippen LogP contribution in [-0.4, -0.2) is 68.3 Å². The van der Waals surface area contributed by atoms with Crippen molar-refractivity contribution in [2.75, 3.05) is 31.9 Å². The number of ether oxygens (including phenoxy) is 2. The number of rotatable bonds is 5. The fourth-order valence-corrected chi connectivity index (χ4v) is 6.12. The first kappa shape index (κ1) is 30.5. The Morgan fingerprint density at radius 2 is 1.64 bits per heavy atom. The number of nitrogens with zero attached hydrogens (tertiary/aromatic N) is 5. The molecule has 2 aliphatic rings. The maximum Gasteiger partial charge on any atom is 0.410 e. The highest BCUT2D eigenvalue weighted by atomic mass is 16.6. The van der Waals surface area contributed by atoms with Crippen LogP contribution in [0.25, 0.3) is 22.2 Å². The maximum absolute atomic E-state index is 12.4. The molecule has 4 heterocycles. The van der Waals surface area contributed by atoms with E-state index in [1.165, 1.54) is 6.33 Å². The summed E-state index contributed by atoms with van der Waals surface area (Å²) in [5, 5.41) is 0.821. The third kappa shape index (κ3) is 6.62. The van der Waals surface area contributed by atoms with Crippen LogP contribution in [0.2, 0.25) is 0 Å². The molecule has 0 spiro atoms. The number of hydrogen-bond donors (Lipinski definition) is 1. The monoisotopic (exact) mass is 606 g/mol. The van der Waals surface area contributed by atoms with Gasteiger partial charge in [-0.3, -0.25) is 4.90 Å². The summed E-state index contributed by atoms with van der Waals surface area (Å²) in [4.78, 5) is 25.7. The molecule has 6 rings (SSSR count). The first-order valence-corrected chi connectivity index (χ1v) is 15.8. The average Bonchev–Trinajstić information content (AvgIpc) is 3.32. The van der Waals surface area contributed by atoms with E-state index in [-0.39, 0.29) is 18.1 Å². The van der Waals surface area contributed by atoms with Gasteiger partial charge in [0.2, 0.25) is 0 Å². The Balaban J connectivity index is 1.22. The van der Waals surface area contributed by atoms with E-state index in [1.54, 1.807) is 4.90 Å². The van der Waals surface area contributed by atoms with Gasteiger partial charge in [-0.15, -0.1) is 0 Å². The minimum absolute atomic E-state index is 0.119. The summed E-state index contributed by atoms with van der Waals surface area (Å²) in [6, 6.07) is 18.3. The molecule has 45 heavy (non-hydrogen) atoms. The molecular weight excluding hydrogens is 564 g/mol. The minimum Gasteiger partial charge on any atom is -0.457 e. The summed E-state index contributed by atoms with van der Waals surface area (Å²) in [5.41, 5.74) is 9.64. The van der Waals surface area contributed by atoms with Crippen LogP contribution in [0, 0.1) is 17.8 Å². The predicted molar refractivity (Wildman–Crippen MR) is 177 cm³/mol. The number of carbonyl (C=O) groups excluding carboxylic acids is 1. The molecule has 0 saturated carbocycles. The number of para-hydroxylation sites is 1. The zero-order chi connectivity index (χ0) is 31.7. The van der Waals surface area contributed by atoms with Crippen molar-refractivity contribution in [2.45, 2.75) is 65.1 Å². The second kappa shape index (κ2) is 12.4. The van der Waals surface area contributed by atoms with Gasteiger partial charge in [0.15, 0.2) is 0 Å². The molecule has 0 aliphatic carbocycles. The topological polar surface area (TPSA) is 98.7 Å². The largest absolute Gasteiger partial charge is 0.457 e. The van der Waals surface area contributed by atoms with Crippen molar-refractivity contribution in [1.29, 1.82) is 0 Å². The molecule has 2 saturated heterocycles. The van der Waals surface area contributed by atoms with Gasteiger partial charge < -0.3 is 24.7 Å². The smallest absolute Gasteiger partial charge is 0.410 e. The Kier molecular flexibility index (Phi) is 8.43. The molecule has 2 aliphatic heterocycles. The second-order valence-corrected chi connectivity index (χ2v) is 13.2. The number of nitrogen functional groups attached to an aromatic ring is 1. The van der Waals surface area contributed by atoms with E-state index in [2.05, 4.69) is 45.1 Å². The van der Waals surface area contributed by atoms with Gasteiger partial charge in [0, 0.05) is 36.7 Å². The van der Waals surface area contributed by atoms with E-state index >= 15 is 0 Å². The number of anilines is 1. The Morgan fingerprint density at radius 1 is 0.978 bits per heavy atom. The lowest BCUT2D eigenvalue weighted by Gasteiger charge is -2.47. The molecule has 9 heteroatoms. The Morgan fingerprint density at radius 3 is 2.29 bits per heavy atom. The first-order chi connectivity index (χ1) is 21.6. The fraction of sp³-hybridized carbons (Fsp3) is 0.417. The van der Waals surface area contributed by atoms with Gasteiger partial charge in [0.05, 0.1) is 5.39 Å². The molecule has 1 amide bonds. The van der Waals surface area contributed by atoms with Crippen LogP contribution in [0.5, 0.6) is 11.5 Å². The van der Waals surface area contributed by atoms with Crippen molar-refractivity contribution in [2.24, 2.45) is 5.92 Å². The quantitative estimate of drug-likeness (QED) is 0.251. The normalized spacial score (nSPS) is 16.4. The lowest BCUT2D eigenvalue weighted by atomic mass is 9.94. The third-order valence-electron chi connectivity index (χ3n) is 8.41. The van der Waals surface area contributed by atoms with Crippen LogP contribution in [0.1, 0.15) is 59.2 Å². The summed E-state index contributed by atoms with van der Waals surface area (Å²) < 4.78 is 13.7. The molecule has 234 valence electrons. The van der Waals surface area contributed by atoms with E-state index in [0.29, 0.717) is 11.9 Å². The highest BCUT2D eigenvalue weighted by molar-refractivity contribution is 6.03. The van der Waals surface area contributed by atoms with Crippen molar-refractivity contribution in [3.05, 3.63) is 66.6 Å². The van der Waals surface area contributed by atoms with Crippen LogP contribution < -0.4 is 10.5 Å². The summed E-state index contributed by atoms with van der Waals surface area (Å²) in [7, 11) is 0. The second-order valence-electron chi connectivity index (χ2n) is 13.2. The lowest BCUT2D eigenvalue weighted by molar-refractivity contribution is -0.0201. The first-order valence-electron chi connectivity index (χ1n) is 15.8. The van der Waals surface area contributed by atoms with Gasteiger partial charge in [-0.2, -0.15) is 0 Å². The van der Waals surface area contributed by atoms with Crippen LogP contribution in [0.4, 0.5) is 10.6 Å². The SMILES string of the molecule is CC(C)n1c(C#CC2CCN(C3CN(C(=O)OC(C)(C)C)C3)CC2)c(-c2ccc(Oc3ccccc3)cc2)c2c(N)ncnc21. The average molecular weight is 607 g/mol. The van der Waals surface area contributed by atoms with E-state index in [4.69, 9.17) is 15.2 Å². The lowest BCUT2D eigenvalue weighted by Crippen LogP contribution is -2.62. The van der Waals surface area contributed by atoms with E-state index in [1.807, 2.05) is 75.4 Å². The number of benzene rings is 2. The van der Waals surface area contributed by atoms with Gasteiger partial charge in [0.25, 0.3) is 0 Å². The molecule has 0 bridgehead atoms. The molecule has 2 aromatic heterocycles. The van der Waals surface area contributed by atoms with E-state index in [0.717, 1.165) is 78.4 Å². The molecule has 2 N–H and O–H groups in total. The highest BCUT2D eigenvalue weighted by Crippen LogP contribution is 2.39. The fourth-order valence-electron chi connectivity index (χ4n) is 6.12. The summed E-state index contributed by atoms with van der Waals surface area (Å²) in [6.07, 6.45) is 3.27. The number of fused-ring (bicyclic) bond motifs is 1. The highest BCUT2D eigenvalue weighted by Gasteiger charge is 2.38. The Bertz CT molecular complexity index is 1720. The van der Waals surface area contributed by atoms with Crippen LogP contribution in [-0.2, 0) is 4.74 Å². The standard InChI is InChI=1S/C36H42N6O3/c1-24(2)42-30(16-11-25-17-19-40(20-18-25)27-21-41(22-27)35(43)45-36(3,4)5)31(32-33(37)38-23-39-34(32)42)26-12-14-29(15-13-26)44-28-9-7-6-8-10-28/h6-10,12-15,23-25,27H,17-22H2,1-5H3,(H2,37,38,39). The van der Waals surface area contributed by atoms with Crippen molar-refractivity contribution in [1.82, 2.24) is 24.3 Å². The Hall–Kier alpha value is -4.55. The summed E-state index contributed by atoms with van der Waals surface area (Å²) >= 11 is 0. The van der Waals surface area contributed by atoms with Crippen molar-refractivity contribution in [3.63, 3.8) is 0 Å². The molecule has 0 radical (unpaired) electrons. The molecule has 0 unspecified atom stereocenters. The molecule has 9 nitrogen and oxygen atoms in total. The molecule has 2 fully saturated rings. The van der Waals surface area contributed by atoms with Crippen molar-refractivity contribution in [3.8, 4) is 34.5 Å². The van der Waals surface area contributed by atoms with Gasteiger partial charge in [-0.25, -0.2) is 14.8 Å². The van der Waals surface area contributed by atoms with E-state index in [9.17, 15) is 4.79 Å². The van der Waals surface area contributed by atoms with Gasteiger partial charge in [-0.1, -0.05) is 36.3 Å². The van der Waals surface area contributed by atoms with Crippen molar-refractivity contribution >= 4 is 22.9 Å². The Labute approximate surface area is 265 Å². The molecular formula is C36H42N6O3. The van der Waals surface area contributed by atoms with Gasteiger partial charge in [-0.05, 0) is 96.3 Å². The number of aromatic nitrogens is 3. The number of carbonyl (C=O) groups is 1. The number of hydrogen-bond acceptors (Lipinski definition) is 7. The van der Waals surface area contributed by atoms with Crippen LogP contribution in [0.15, 0.2) is 60.9 Å². The molecule has 2 aromatic carbocycles. The minimum atomic E-state index is -0.473. The zero-order valence-electron chi connectivity index (χ0n) is 26.8. The summed E-state index contributed by atoms with van der Waals surface area (Å²) in [5.74, 6) is 9.47. The molecule has 4 aromatic rings. The van der Waals surface area contributed by atoms with Crippen LogP contribution >= 0.6 is 0 Å². The van der Waals surface area contributed by atoms with E-state index < -0.39 is 5.60 Å². The molecule has 0 atom stereocenters. The zero-order valence-corrected chi connectivity index (χ0v) is 26.8. The number of piperidine rings is 1. The number of nitrogens with two attached hydrogens (primary N) is 1. The van der Waals surface area contributed by atoms with Gasteiger partial charge >= 0.3 is 6.09 Å². The van der Waals surface area contributed by atoms with Crippen LogP contribution in [0.3, 0.4) is 0 Å². The summed E-state index contributed by atoms with van der Waals surface area (Å²) in [6.45, 7) is 13.4. The van der Waals surface area contributed by atoms with Crippen molar-refractivity contribution < 1.29 is 14.3 Å². The predicted octanol–water partition coefficient (Wildman–Crippen LogP) is 6.74. The number of amides is 1. The third-order valence-corrected chi connectivity index (χ3v) is 8.41. The van der Waals surface area contributed by atoms with Gasteiger partial charge in [0.1, 0.15) is 40.6 Å².